The molecule has 0 aromatic carbocycles. The number of hydrogen-bond acceptors (Lipinski definition) is 11. The van der Waals surface area contributed by atoms with Gasteiger partial charge in [0.05, 0.1) is 50.1 Å². The lowest BCUT2D eigenvalue weighted by atomic mass is 9.98. The summed E-state index contributed by atoms with van der Waals surface area (Å²) < 4.78 is 93.3. The van der Waals surface area contributed by atoms with Crippen molar-refractivity contribution >= 4 is 0 Å². The molecule has 0 aliphatic rings. The van der Waals surface area contributed by atoms with Crippen molar-refractivity contribution in [1.29, 1.82) is 0 Å². The lowest BCUT2D eigenvalue weighted by Gasteiger charge is -2.04. The molecule has 556 valence electrons. The fourth-order valence-electron chi connectivity index (χ4n) is 9.35. The first kappa shape index (κ1) is 89.9. The van der Waals surface area contributed by atoms with E-state index in [2.05, 4.69) is 132 Å². The Kier molecular flexibility index (Phi) is 38.5. The van der Waals surface area contributed by atoms with Crippen molar-refractivity contribution < 1.29 is 61.8 Å². The normalized spacial score (nSPS) is 10.5. The average Bonchev–Trinajstić information content (AvgIpc) is 1.71. The van der Waals surface area contributed by atoms with E-state index in [0.717, 1.165) is 70.6 Å². The van der Waals surface area contributed by atoms with E-state index in [9.17, 15) is 13.2 Å². The molecular weight excluding hydrogens is 1270 g/mol. The molecule has 11 rings (SSSR count). The third-order valence-corrected chi connectivity index (χ3v) is 18.1. The van der Waals surface area contributed by atoms with Crippen molar-refractivity contribution in [3.05, 3.63) is 255 Å². The predicted molar refractivity (Wildman–Crippen MR) is 404 cm³/mol. The molecular formula is C86H125F3O11. The van der Waals surface area contributed by atoms with Crippen LogP contribution in [0, 0.1) is 184 Å². The highest BCUT2D eigenvalue weighted by atomic mass is 19.1. The SMILES string of the molecule is Cc1c(C(C)C)coc1C(C)C.Cc1c(F)coc1C(C)C.Cc1coc(C(C)C)c1C.Cc1coc(C)c1C.Cc1coc(C)c1C.Cc1coc(C)c1C.Cc1coc(C)c1C.Cc1occ(C(C)C)c1C.Cc1occ(C(C)C)c1C.Cc1occ(F)c1C.Cc1occ(F)c1C. The predicted octanol–water partition coefficient (Wildman–Crippen LogP) is 28.6. The maximum Gasteiger partial charge on any atom is 0.164 e. The number of halogens is 3. The van der Waals surface area contributed by atoms with Gasteiger partial charge in [0, 0.05) is 34.4 Å². The molecule has 0 fully saturated rings. The summed E-state index contributed by atoms with van der Waals surface area (Å²) >= 11 is 0. The summed E-state index contributed by atoms with van der Waals surface area (Å²) in [6.45, 7) is 73.1. The van der Waals surface area contributed by atoms with Crippen LogP contribution in [0.2, 0.25) is 0 Å². The van der Waals surface area contributed by atoms with Crippen LogP contribution in [0.4, 0.5) is 13.2 Å². The largest absolute Gasteiger partial charge is 0.469 e. The Morgan fingerprint density at radius 3 is 0.470 bits per heavy atom. The number of aryl methyl sites for hydroxylation is 13. The second-order valence-corrected chi connectivity index (χ2v) is 27.8. The molecule has 0 spiro atoms. The molecule has 0 amide bonds. The highest BCUT2D eigenvalue weighted by Crippen LogP contribution is 2.30. The molecule has 100 heavy (non-hydrogen) atoms. The zero-order valence-corrected chi connectivity index (χ0v) is 67.9. The van der Waals surface area contributed by atoms with Crippen molar-refractivity contribution in [2.24, 2.45) is 0 Å². The summed E-state index contributed by atoms with van der Waals surface area (Å²) in [7, 11) is 0. The van der Waals surface area contributed by atoms with Gasteiger partial charge in [0.15, 0.2) is 17.5 Å². The van der Waals surface area contributed by atoms with Crippen LogP contribution in [0.3, 0.4) is 0 Å². The molecule has 11 aromatic rings. The molecule has 11 aromatic heterocycles. The highest BCUT2D eigenvalue weighted by Gasteiger charge is 2.16. The fraction of sp³-hybridized carbons (Fsp3) is 0.488. The molecule has 0 N–H and O–H groups in total. The number of hydrogen-bond donors (Lipinski definition) is 0. The summed E-state index contributed by atoms with van der Waals surface area (Å²) in [5.74, 6) is 12.8. The molecule has 0 atom stereocenters. The van der Waals surface area contributed by atoms with E-state index >= 15 is 0 Å². The quantitative estimate of drug-likeness (QED) is 0.157. The monoisotopic (exact) mass is 1390 g/mol. The van der Waals surface area contributed by atoms with Crippen LogP contribution >= 0.6 is 0 Å². The van der Waals surface area contributed by atoms with Gasteiger partial charge in [-0.15, -0.1) is 0 Å². The molecule has 0 saturated heterocycles. The van der Waals surface area contributed by atoms with Crippen molar-refractivity contribution in [2.75, 3.05) is 0 Å². The van der Waals surface area contributed by atoms with Crippen molar-refractivity contribution in [3.63, 3.8) is 0 Å². The van der Waals surface area contributed by atoms with Gasteiger partial charge in [-0.05, 0) is 273 Å². The van der Waals surface area contributed by atoms with Crippen LogP contribution in [0.1, 0.15) is 288 Å². The standard InChI is InChI=1S/C11H18O.3C9H14O.C8H11FO.4C7H10O.2C6H7FO/c1-7(2)10-6-12-11(8(3)4)9(10)5;2*1-6(2)9-5-10-8(4)7(9)3;1-6(2)9-8(4)7(3)5-10-9;1-5(2)8-6(3)7(9)4-10-8;4*1-5-4-8-7(3)6(5)2;2*1-4-5(2)8-3-6(4)7/h6-8H,1-5H3;3*5-6H,1-4H3;4-5H,1-3H3;4*4H,1-3H3;2*3H,1-2H3. The van der Waals surface area contributed by atoms with E-state index in [0.29, 0.717) is 57.8 Å². The Hall–Kier alpha value is -8.13. The lowest BCUT2D eigenvalue weighted by molar-refractivity contribution is 0.474. The second kappa shape index (κ2) is 42.9. The molecule has 0 unspecified atom stereocenters. The molecule has 0 radical (unpaired) electrons. The summed E-state index contributed by atoms with van der Waals surface area (Å²) in [5.41, 5.74) is 22.4. The summed E-state index contributed by atoms with van der Waals surface area (Å²) in [4.78, 5) is 0. The zero-order chi connectivity index (χ0) is 77.1. The number of furan rings is 11. The molecule has 0 saturated carbocycles. The van der Waals surface area contributed by atoms with Gasteiger partial charge in [0.2, 0.25) is 0 Å². The third-order valence-electron chi connectivity index (χ3n) is 18.1. The Morgan fingerprint density at radius 1 is 0.180 bits per heavy atom. The van der Waals surface area contributed by atoms with Crippen LogP contribution in [0.5, 0.6) is 0 Å². The maximum absolute atomic E-state index is 12.6. The van der Waals surface area contributed by atoms with Crippen LogP contribution in [-0.4, -0.2) is 0 Å². The van der Waals surface area contributed by atoms with Crippen molar-refractivity contribution in [1.82, 2.24) is 0 Å². The summed E-state index contributed by atoms with van der Waals surface area (Å²) in [6.07, 6.45) is 18.0. The van der Waals surface area contributed by atoms with Crippen LogP contribution in [-0.2, 0) is 0 Å². The molecule has 0 bridgehead atoms. The first-order chi connectivity index (χ1) is 46.3. The Labute approximate surface area is 599 Å². The van der Waals surface area contributed by atoms with Gasteiger partial charge in [0.25, 0.3) is 0 Å². The maximum atomic E-state index is 12.6. The smallest absolute Gasteiger partial charge is 0.164 e. The van der Waals surface area contributed by atoms with Gasteiger partial charge in [-0.1, -0.05) is 83.1 Å². The van der Waals surface area contributed by atoms with Crippen molar-refractivity contribution in [3.8, 4) is 0 Å². The van der Waals surface area contributed by atoms with Gasteiger partial charge in [-0.25, -0.2) is 13.2 Å². The molecule has 14 heteroatoms. The van der Waals surface area contributed by atoms with Crippen LogP contribution < -0.4 is 0 Å². The molecule has 0 aliphatic heterocycles. The first-order valence-corrected chi connectivity index (χ1v) is 34.7. The van der Waals surface area contributed by atoms with Gasteiger partial charge in [0.1, 0.15) is 82.2 Å². The van der Waals surface area contributed by atoms with E-state index < -0.39 is 0 Å². The molecule has 11 heterocycles. The highest BCUT2D eigenvalue weighted by molar-refractivity contribution is 5.32. The molecule has 0 aliphatic carbocycles. The van der Waals surface area contributed by atoms with Gasteiger partial charge in [-0.2, -0.15) is 0 Å². The Balaban J connectivity index is 0.000000551. The minimum Gasteiger partial charge on any atom is -0.469 e. The van der Waals surface area contributed by atoms with E-state index in [1.807, 2.05) is 108 Å². The van der Waals surface area contributed by atoms with E-state index in [1.54, 1.807) is 59.7 Å². The summed E-state index contributed by atoms with van der Waals surface area (Å²) in [6, 6.07) is 0. The molecule has 11 nitrogen and oxygen atoms in total. The van der Waals surface area contributed by atoms with Gasteiger partial charge >= 0.3 is 0 Å². The minimum atomic E-state index is -0.262. The van der Waals surface area contributed by atoms with E-state index in [4.69, 9.17) is 48.6 Å². The summed E-state index contributed by atoms with van der Waals surface area (Å²) in [5, 5.41) is 0. The Morgan fingerprint density at radius 2 is 0.360 bits per heavy atom. The van der Waals surface area contributed by atoms with Gasteiger partial charge in [-0.3, -0.25) is 0 Å². The van der Waals surface area contributed by atoms with E-state index in [-0.39, 0.29) is 23.4 Å². The Bertz CT molecular complexity index is 3390. The van der Waals surface area contributed by atoms with Crippen LogP contribution in [0.25, 0.3) is 0 Å². The number of rotatable bonds is 6. The van der Waals surface area contributed by atoms with Crippen molar-refractivity contribution in [2.45, 2.75) is 285 Å². The topological polar surface area (TPSA) is 145 Å². The lowest BCUT2D eigenvalue weighted by Crippen LogP contribution is -1.91. The minimum absolute atomic E-state index is 0.247. The zero-order valence-electron chi connectivity index (χ0n) is 67.9. The first-order valence-electron chi connectivity index (χ1n) is 34.7. The van der Waals surface area contributed by atoms with Gasteiger partial charge < -0.3 is 48.6 Å². The third kappa shape index (κ3) is 28.1. The second-order valence-electron chi connectivity index (χ2n) is 27.8. The average molecular weight is 1390 g/mol. The van der Waals surface area contributed by atoms with E-state index in [1.165, 1.54) is 89.0 Å². The van der Waals surface area contributed by atoms with Crippen LogP contribution in [0.15, 0.2) is 117 Å². The fourth-order valence-corrected chi connectivity index (χ4v) is 9.35.